The van der Waals surface area contributed by atoms with Gasteiger partial charge in [0.05, 0.1) is 10.6 Å². The number of benzene rings is 1. The van der Waals surface area contributed by atoms with Gasteiger partial charge < -0.3 is 4.74 Å². The molecule has 1 aromatic carbocycles. The van der Waals surface area contributed by atoms with Gasteiger partial charge in [0, 0.05) is 6.42 Å². The van der Waals surface area contributed by atoms with Crippen molar-refractivity contribution in [2.45, 2.75) is 33.3 Å². The van der Waals surface area contributed by atoms with Crippen LogP contribution in [0.1, 0.15) is 24.5 Å². The van der Waals surface area contributed by atoms with E-state index in [0.29, 0.717) is 0 Å². The highest BCUT2D eigenvalue weighted by atomic mass is 79.9. The van der Waals surface area contributed by atoms with E-state index >= 15 is 0 Å². The van der Waals surface area contributed by atoms with E-state index in [9.17, 15) is 0 Å². The van der Waals surface area contributed by atoms with Crippen molar-refractivity contribution >= 4 is 15.9 Å². The van der Waals surface area contributed by atoms with Crippen LogP contribution < -0.4 is 4.74 Å². The second kappa shape index (κ2) is 5.36. The molecule has 1 nitrogen and oxygen atoms in total. The second-order valence-corrected chi connectivity index (χ2v) is 4.67. The number of hydrogen-bond donors (Lipinski definition) is 0. The molecule has 0 radical (unpaired) electrons. The van der Waals surface area contributed by atoms with Gasteiger partial charge in [0.25, 0.3) is 0 Å². The molecule has 1 unspecified atom stereocenters. The highest BCUT2D eigenvalue weighted by Gasteiger charge is 2.07. The van der Waals surface area contributed by atoms with Crippen LogP contribution in [0.25, 0.3) is 0 Å². The Balaban J connectivity index is 2.85. The fraction of sp³-hybridized carbons (Fsp3) is 0.385. The summed E-state index contributed by atoms with van der Waals surface area (Å²) in [6.07, 6.45) is 2.90. The van der Waals surface area contributed by atoms with Gasteiger partial charge in [-0.25, -0.2) is 0 Å². The Morgan fingerprint density at radius 2 is 2.00 bits per heavy atom. The lowest BCUT2D eigenvalue weighted by atomic mass is 10.1. The molecule has 0 bridgehead atoms. The van der Waals surface area contributed by atoms with Crippen LogP contribution in [-0.2, 0) is 0 Å². The predicted molar refractivity (Wildman–Crippen MR) is 68.5 cm³/mol. The second-order valence-electron chi connectivity index (χ2n) is 3.82. The standard InChI is InChI=1S/C13H17BrO/c1-5-6-11(4)15-13-8-10(3)9(2)7-12(13)14/h5,7-8,11H,1,6H2,2-4H3. The summed E-state index contributed by atoms with van der Waals surface area (Å²) in [5, 5.41) is 0. The minimum atomic E-state index is 0.168. The van der Waals surface area contributed by atoms with Crippen LogP contribution in [0.4, 0.5) is 0 Å². The van der Waals surface area contributed by atoms with E-state index in [4.69, 9.17) is 4.74 Å². The Morgan fingerprint density at radius 3 is 2.60 bits per heavy atom. The van der Waals surface area contributed by atoms with Gasteiger partial charge in [-0.1, -0.05) is 6.08 Å². The molecule has 0 aliphatic rings. The summed E-state index contributed by atoms with van der Waals surface area (Å²) in [6.45, 7) is 9.93. The van der Waals surface area contributed by atoms with Crippen molar-refractivity contribution in [3.05, 3.63) is 40.4 Å². The Hall–Kier alpha value is -0.760. The first kappa shape index (κ1) is 12.3. The third kappa shape index (κ3) is 3.38. The highest BCUT2D eigenvalue weighted by molar-refractivity contribution is 9.10. The average Bonchev–Trinajstić information content (AvgIpc) is 2.14. The van der Waals surface area contributed by atoms with Gasteiger partial charge in [0.1, 0.15) is 5.75 Å². The fourth-order valence-electron chi connectivity index (χ4n) is 1.34. The van der Waals surface area contributed by atoms with E-state index in [0.717, 1.165) is 16.6 Å². The summed E-state index contributed by atoms with van der Waals surface area (Å²) in [7, 11) is 0. The lowest BCUT2D eigenvalue weighted by Gasteiger charge is -2.15. The highest BCUT2D eigenvalue weighted by Crippen LogP contribution is 2.29. The summed E-state index contributed by atoms with van der Waals surface area (Å²) in [4.78, 5) is 0. The van der Waals surface area contributed by atoms with E-state index in [1.807, 2.05) is 13.0 Å². The molecular formula is C13H17BrO. The molecule has 0 amide bonds. The first-order valence-electron chi connectivity index (χ1n) is 5.09. The van der Waals surface area contributed by atoms with E-state index in [1.54, 1.807) is 0 Å². The number of ether oxygens (including phenoxy) is 1. The molecule has 1 atom stereocenters. The molecule has 0 heterocycles. The quantitative estimate of drug-likeness (QED) is 0.736. The summed E-state index contributed by atoms with van der Waals surface area (Å²) in [6, 6.07) is 4.16. The van der Waals surface area contributed by atoms with Gasteiger partial charge in [-0.3, -0.25) is 0 Å². The molecule has 0 saturated carbocycles. The van der Waals surface area contributed by atoms with Gasteiger partial charge >= 0.3 is 0 Å². The predicted octanol–water partition coefficient (Wildman–Crippen LogP) is 4.41. The Kier molecular flexibility index (Phi) is 4.40. The van der Waals surface area contributed by atoms with E-state index < -0.39 is 0 Å². The summed E-state index contributed by atoms with van der Waals surface area (Å²) in [5.41, 5.74) is 2.52. The lowest BCUT2D eigenvalue weighted by molar-refractivity contribution is 0.223. The minimum absolute atomic E-state index is 0.168. The largest absolute Gasteiger partial charge is 0.489 e. The molecule has 0 aliphatic carbocycles. The number of hydrogen-bond acceptors (Lipinski definition) is 1. The fourth-order valence-corrected chi connectivity index (χ4v) is 1.90. The number of rotatable bonds is 4. The Labute approximate surface area is 100 Å². The maximum atomic E-state index is 5.80. The van der Waals surface area contributed by atoms with Crippen LogP contribution >= 0.6 is 15.9 Å². The lowest BCUT2D eigenvalue weighted by Crippen LogP contribution is -2.10. The molecule has 1 rings (SSSR count). The van der Waals surface area contributed by atoms with Crippen molar-refractivity contribution < 1.29 is 4.74 Å². The SMILES string of the molecule is C=CCC(C)Oc1cc(C)c(C)cc1Br. The molecule has 15 heavy (non-hydrogen) atoms. The zero-order chi connectivity index (χ0) is 11.4. The maximum Gasteiger partial charge on any atom is 0.134 e. The normalized spacial score (nSPS) is 12.3. The first-order chi connectivity index (χ1) is 7.04. The third-order valence-electron chi connectivity index (χ3n) is 2.37. The van der Waals surface area contributed by atoms with Crippen LogP contribution in [0.15, 0.2) is 29.3 Å². The summed E-state index contributed by atoms with van der Waals surface area (Å²) in [5.74, 6) is 0.910. The maximum absolute atomic E-state index is 5.80. The smallest absolute Gasteiger partial charge is 0.134 e. The zero-order valence-corrected chi connectivity index (χ0v) is 11.1. The molecular weight excluding hydrogens is 252 g/mol. The Morgan fingerprint density at radius 1 is 1.40 bits per heavy atom. The minimum Gasteiger partial charge on any atom is -0.489 e. The first-order valence-corrected chi connectivity index (χ1v) is 5.88. The van der Waals surface area contributed by atoms with Crippen molar-refractivity contribution in [2.75, 3.05) is 0 Å². The number of aryl methyl sites for hydroxylation is 2. The van der Waals surface area contributed by atoms with Crippen molar-refractivity contribution in [1.82, 2.24) is 0 Å². The van der Waals surface area contributed by atoms with E-state index in [2.05, 4.69) is 48.5 Å². The molecule has 0 aliphatic heterocycles. The van der Waals surface area contributed by atoms with Crippen LogP contribution in [-0.4, -0.2) is 6.10 Å². The van der Waals surface area contributed by atoms with Crippen LogP contribution in [0, 0.1) is 13.8 Å². The Bertz CT molecular complexity index is 358. The topological polar surface area (TPSA) is 9.23 Å². The molecule has 0 N–H and O–H groups in total. The van der Waals surface area contributed by atoms with Crippen LogP contribution in [0.5, 0.6) is 5.75 Å². The molecule has 0 fully saturated rings. The summed E-state index contributed by atoms with van der Waals surface area (Å²) >= 11 is 3.51. The van der Waals surface area contributed by atoms with Crippen molar-refractivity contribution in [2.24, 2.45) is 0 Å². The van der Waals surface area contributed by atoms with Gasteiger partial charge in [0.2, 0.25) is 0 Å². The van der Waals surface area contributed by atoms with E-state index in [-0.39, 0.29) is 6.10 Å². The zero-order valence-electron chi connectivity index (χ0n) is 9.51. The van der Waals surface area contributed by atoms with Gasteiger partial charge in [-0.05, 0) is 60.0 Å². The molecule has 82 valence electrons. The van der Waals surface area contributed by atoms with Gasteiger partial charge in [-0.2, -0.15) is 0 Å². The molecule has 0 spiro atoms. The molecule has 1 aromatic rings. The number of halogens is 1. The van der Waals surface area contributed by atoms with Crippen molar-refractivity contribution in [3.8, 4) is 5.75 Å². The average molecular weight is 269 g/mol. The third-order valence-corrected chi connectivity index (χ3v) is 2.99. The van der Waals surface area contributed by atoms with Crippen molar-refractivity contribution in [3.63, 3.8) is 0 Å². The van der Waals surface area contributed by atoms with E-state index in [1.165, 1.54) is 11.1 Å². The molecule has 0 aromatic heterocycles. The summed E-state index contributed by atoms with van der Waals surface area (Å²) < 4.78 is 6.82. The van der Waals surface area contributed by atoms with Crippen LogP contribution in [0.3, 0.4) is 0 Å². The van der Waals surface area contributed by atoms with Gasteiger partial charge in [0.15, 0.2) is 0 Å². The monoisotopic (exact) mass is 268 g/mol. The molecule has 0 saturated heterocycles. The molecule has 2 heteroatoms. The van der Waals surface area contributed by atoms with Gasteiger partial charge in [-0.15, -0.1) is 6.58 Å². The van der Waals surface area contributed by atoms with Crippen molar-refractivity contribution in [1.29, 1.82) is 0 Å². The van der Waals surface area contributed by atoms with Crippen LogP contribution in [0.2, 0.25) is 0 Å².